The zero-order chi connectivity index (χ0) is 30.6. The SMILES string of the molecule is COC(=O)C(Cc1ccc(OCCNc2ccccc2Cc2ccccc2)cc1)Nc1ccccc1C(=O)c1ccccc1. The molecule has 0 aliphatic carbocycles. The van der Waals surface area contributed by atoms with E-state index < -0.39 is 12.0 Å². The summed E-state index contributed by atoms with van der Waals surface area (Å²) in [6, 6.07) is 42.1. The predicted molar refractivity (Wildman–Crippen MR) is 176 cm³/mol. The first-order valence-corrected chi connectivity index (χ1v) is 14.7. The summed E-state index contributed by atoms with van der Waals surface area (Å²) in [4.78, 5) is 25.9. The van der Waals surface area contributed by atoms with Gasteiger partial charge in [0, 0.05) is 35.5 Å². The Morgan fingerprint density at radius 2 is 1.32 bits per heavy atom. The number of hydrogen-bond donors (Lipinski definition) is 2. The number of nitrogens with one attached hydrogen (secondary N) is 2. The van der Waals surface area contributed by atoms with Crippen LogP contribution in [0.5, 0.6) is 5.75 Å². The summed E-state index contributed by atoms with van der Waals surface area (Å²) in [7, 11) is 1.36. The second kappa shape index (κ2) is 15.2. The van der Waals surface area contributed by atoms with Crippen molar-refractivity contribution in [3.63, 3.8) is 0 Å². The lowest BCUT2D eigenvalue weighted by Gasteiger charge is -2.20. The average molecular weight is 585 g/mol. The fraction of sp³-hybridized carbons (Fsp3) is 0.158. The van der Waals surface area contributed by atoms with Crippen LogP contribution in [0, 0.1) is 0 Å². The minimum Gasteiger partial charge on any atom is -0.492 e. The molecule has 5 aromatic carbocycles. The molecule has 1 unspecified atom stereocenters. The highest BCUT2D eigenvalue weighted by Gasteiger charge is 2.22. The number of carbonyl (C=O) groups excluding carboxylic acids is 2. The van der Waals surface area contributed by atoms with E-state index in [1.807, 2.05) is 66.7 Å². The smallest absolute Gasteiger partial charge is 0.328 e. The third kappa shape index (κ3) is 8.13. The summed E-state index contributed by atoms with van der Waals surface area (Å²) in [6.45, 7) is 1.15. The molecule has 5 aromatic rings. The third-order valence-electron chi connectivity index (χ3n) is 7.33. The largest absolute Gasteiger partial charge is 0.492 e. The molecule has 5 rings (SSSR count). The van der Waals surface area contributed by atoms with Crippen molar-refractivity contribution in [1.29, 1.82) is 0 Å². The van der Waals surface area contributed by atoms with Gasteiger partial charge < -0.3 is 20.1 Å². The highest BCUT2D eigenvalue weighted by Crippen LogP contribution is 2.23. The molecule has 0 spiro atoms. The van der Waals surface area contributed by atoms with Crippen molar-refractivity contribution in [3.8, 4) is 5.75 Å². The first kappa shape index (κ1) is 30.1. The van der Waals surface area contributed by atoms with E-state index >= 15 is 0 Å². The maximum absolute atomic E-state index is 13.2. The van der Waals surface area contributed by atoms with Crippen LogP contribution >= 0.6 is 0 Å². The predicted octanol–water partition coefficient (Wildman–Crippen LogP) is 7.20. The molecule has 0 amide bonds. The summed E-state index contributed by atoms with van der Waals surface area (Å²) in [5.74, 6) is 0.216. The summed E-state index contributed by atoms with van der Waals surface area (Å²) >= 11 is 0. The fourth-order valence-corrected chi connectivity index (χ4v) is 5.05. The van der Waals surface area contributed by atoms with Gasteiger partial charge >= 0.3 is 5.97 Å². The van der Waals surface area contributed by atoms with Gasteiger partial charge in [0.05, 0.1) is 7.11 Å². The van der Waals surface area contributed by atoms with Crippen LogP contribution in [0.25, 0.3) is 0 Å². The Morgan fingerprint density at radius 3 is 2.05 bits per heavy atom. The lowest BCUT2D eigenvalue weighted by Crippen LogP contribution is -2.33. The van der Waals surface area contributed by atoms with Crippen LogP contribution in [0.15, 0.2) is 133 Å². The summed E-state index contributed by atoms with van der Waals surface area (Å²) in [5, 5.41) is 6.75. The van der Waals surface area contributed by atoms with Crippen molar-refractivity contribution in [2.45, 2.75) is 18.9 Å². The molecule has 2 N–H and O–H groups in total. The van der Waals surface area contributed by atoms with Gasteiger partial charge in [-0.25, -0.2) is 4.79 Å². The van der Waals surface area contributed by atoms with Crippen LogP contribution in [0.2, 0.25) is 0 Å². The van der Waals surface area contributed by atoms with Crippen molar-refractivity contribution >= 4 is 23.1 Å². The number of carbonyl (C=O) groups is 2. The molecule has 44 heavy (non-hydrogen) atoms. The molecule has 6 nitrogen and oxygen atoms in total. The van der Waals surface area contributed by atoms with Crippen molar-refractivity contribution in [2.75, 3.05) is 30.9 Å². The van der Waals surface area contributed by atoms with Crippen molar-refractivity contribution < 1.29 is 19.1 Å². The number of esters is 1. The van der Waals surface area contributed by atoms with Crippen LogP contribution < -0.4 is 15.4 Å². The van der Waals surface area contributed by atoms with E-state index in [1.54, 1.807) is 24.3 Å². The zero-order valence-corrected chi connectivity index (χ0v) is 24.7. The Kier molecular flexibility index (Phi) is 10.4. The minimum atomic E-state index is -0.684. The first-order valence-electron chi connectivity index (χ1n) is 14.7. The Labute approximate surface area is 258 Å². The molecule has 1 atom stereocenters. The van der Waals surface area contributed by atoms with E-state index in [9.17, 15) is 9.59 Å². The monoisotopic (exact) mass is 584 g/mol. The number of hydrogen-bond acceptors (Lipinski definition) is 6. The van der Waals surface area contributed by atoms with Crippen LogP contribution in [-0.4, -0.2) is 38.1 Å². The molecule has 6 heteroatoms. The minimum absolute atomic E-state index is 0.118. The number of anilines is 2. The normalized spacial score (nSPS) is 11.3. The molecule has 222 valence electrons. The number of para-hydroxylation sites is 2. The van der Waals surface area contributed by atoms with E-state index in [2.05, 4.69) is 53.1 Å². The molecule has 0 aliphatic rings. The van der Waals surface area contributed by atoms with E-state index in [-0.39, 0.29) is 5.78 Å². The Morgan fingerprint density at radius 1 is 0.682 bits per heavy atom. The zero-order valence-electron chi connectivity index (χ0n) is 24.7. The van der Waals surface area contributed by atoms with Gasteiger partial charge in [-0.1, -0.05) is 103 Å². The molecule has 0 radical (unpaired) electrons. The van der Waals surface area contributed by atoms with E-state index in [0.717, 1.165) is 23.4 Å². The standard InChI is InChI=1S/C38H36N2O4/c1-43-38(42)36(40-35-19-11-9-17-33(35)37(41)30-14-6-3-7-15-30)27-29-20-22-32(23-21-29)44-25-24-39-34-18-10-8-16-31(34)26-28-12-4-2-5-13-28/h2-23,36,39-40H,24-27H2,1H3. The number of rotatable bonds is 14. The third-order valence-corrected chi connectivity index (χ3v) is 7.33. The van der Waals surface area contributed by atoms with Gasteiger partial charge in [-0.2, -0.15) is 0 Å². The van der Waals surface area contributed by atoms with E-state index in [1.165, 1.54) is 18.2 Å². The maximum Gasteiger partial charge on any atom is 0.328 e. The maximum atomic E-state index is 13.2. The van der Waals surface area contributed by atoms with Crippen molar-refractivity contribution in [3.05, 3.63) is 161 Å². The number of ketones is 1. The molecule has 0 heterocycles. The molecule has 0 saturated carbocycles. The molecule has 0 aliphatic heterocycles. The van der Waals surface area contributed by atoms with Gasteiger partial charge in [-0.3, -0.25) is 4.79 Å². The summed E-state index contributed by atoms with van der Waals surface area (Å²) in [6.07, 6.45) is 1.24. The van der Waals surface area contributed by atoms with Gasteiger partial charge in [0.1, 0.15) is 18.4 Å². The molecular weight excluding hydrogens is 548 g/mol. The van der Waals surface area contributed by atoms with Crippen LogP contribution in [0.3, 0.4) is 0 Å². The Hall–Kier alpha value is -5.36. The van der Waals surface area contributed by atoms with E-state index in [0.29, 0.717) is 36.4 Å². The summed E-state index contributed by atoms with van der Waals surface area (Å²) in [5.41, 5.74) is 6.20. The van der Waals surface area contributed by atoms with Gasteiger partial charge in [-0.15, -0.1) is 0 Å². The molecule has 0 aromatic heterocycles. The molecule has 0 bridgehead atoms. The molecule has 0 saturated heterocycles. The van der Waals surface area contributed by atoms with Gasteiger partial charge in [0.25, 0.3) is 0 Å². The topological polar surface area (TPSA) is 76.7 Å². The highest BCUT2D eigenvalue weighted by molar-refractivity contribution is 6.12. The quantitative estimate of drug-likeness (QED) is 0.0817. The summed E-state index contributed by atoms with van der Waals surface area (Å²) < 4.78 is 11.1. The average Bonchev–Trinajstić information content (AvgIpc) is 3.08. The second-order valence-corrected chi connectivity index (χ2v) is 10.4. The lowest BCUT2D eigenvalue weighted by atomic mass is 10.00. The van der Waals surface area contributed by atoms with Crippen molar-refractivity contribution in [1.82, 2.24) is 0 Å². The second-order valence-electron chi connectivity index (χ2n) is 10.4. The van der Waals surface area contributed by atoms with Crippen LogP contribution in [-0.2, 0) is 22.4 Å². The lowest BCUT2D eigenvalue weighted by molar-refractivity contribution is -0.141. The van der Waals surface area contributed by atoms with E-state index in [4.69, 9.17) is 9.47 Å². The van der Waals surface area contributed by atoms with Crippen LogP contribution in [0.1, 0.15) is 32.6 Å². The first-order chi connectivity index (χ1) is 21.6. The molecular formula is C38H36N2O4. The number of methoxy groups -OCH3 is 1. The number of ether oxygens (including phenoxy) is 2. The molecule has 0 fully saturated rings. The highest BCUT2D eigenvalue weighted by atomic mass is 16.5. The Balaban J connectivity index is 1.17. The van der Waals surface area contributed by atoms with Gasteiger partial charge in [-0.05, 0) is 53.4 Å². The fourth-order valence-electron chi connectivity index (χ4n) is 5.05. The van der Waals surface area contributed by atoms with Crippen molar-refractivity contribution in [2.24, 2.45) is 0 Å². The van der Waals surface area contributed by atoms with Crippen LogP contribution in [0.4, 0.5) is 11.4 Å². The Bertz CT molecular complexity index is 1650. The van der Waals surface area contributed by atoms with Gasteiger partial charge in [0.15, 0.2) is 5.78 Å². The van der Waals surface area contributed by atoms with Gasteiger partial charge in [0.2, 0.25) is 0 Å². The number of benzene rings is 5.